The van der Waals surface area contributed by atoms with Crippen LogP contribution < -0.4 is 36.3 Å². The minimum absolute atomic E-state index is 0.0240. The Morgan fingerprint density at radius 2 is 0.712 bits per heavy atom. The van der Waals surface area contributed by atoms with Crippen molar-refractivity contribution in [2.24, 2.45) is 0 Å². The van der Waals surface area contributed by atoms with E-state index in [0.717, 1.165) is 44.9 Å². The summed E-state index contributed by atoms with van der Waals surface area (Å²) >= 11 is 0. The predicted molar refractivity (Wildman–Crippen MR) is 242 cm³/mol. The van der Waals surface area contributed by atoms with E-state index in [1.165, 1.54) is 121 Å². The van der Waals surface area contributed by atoms with Gasteiger partial charge in [-0.05, 0) is 19.3 Å². The lowest BCUT2D eigenvalue weighted by atomic mass is 10.1. The number of nitrogens with two attached hydrogens (primary N) is 2. The number of nitrogen functional groups attached to an aromatic ring is 2. The normalized spacial score (nSPS) is 11.0. The number of rotatable bonds is 34. The summed E-state index contributed by atoms with van der Waals surface area (Å²) in [5.74, 6) is 1.06. The third-order valence-electron chi connectivity index (χ3n) is 10.2. The van der Waals surface area contributed by atoms with Crippen molar-refractivity contribution in [1.29, 1.82) is 0 Å². The van der Waals surface area contributed by atoms with Crippen LogP contribution in [0.4, 0.5) is 23.3 Å². The molecule has 12 nitrogen and oxygen atoms in total. The number of hydrogen-bond donors (Lipinski definition) is 4. The van der Waals surface area contributed by atoms with Gasteiger partial charge in [-0.2, -0.15) is 0 Å². The van der Waals surface area contributed by atoms with Gasteiger partial charge in [0.1, 0.15) is 51.9 Å². The number of unbranched alkanes of at least 4 members (excludes halogenated alkanes) is 21. The van der Waals surface area contributed by atoms with Gasteiger partial charge in [-0.1, -0.05) is 156 Å². The fourth-order valence-electron chi connectivity index (χ4n) is 6.81. The predicted octanol–water partition coefficient (Wildman–Crippen LogP) is 12.1. The highest BCUT2D eigenvalue weighted by atomic mass is 16.5. The quantitative estimate of drug-likeness (QED) is 0.0424. The van der Waals surface area contributed by atoms with Gasteiger partial charge in [-0.3, -0.25) is 9.59 Å². The number of pyridine rings is 3. The molecule has 0 bridgehead atoms. The summed E-state index contributed by atoms with van der Waals surface area (Å²) in [7, 11) is 0. The zero-order valence-electron chi connectivity index (χ0n) is 36.6. The first-order chi connectivity index (χ1) is 28.8. The van der Waals surface area contributed by atoms with Gasteiger partial charge in [0.2, 0.25) is 0 Å². The number of nitrogens with zero attached hydrogens (tertiary/aromatic N) is 3. The minimum atomic E-state index is -0.581. The van der Waals surface area contributed by atoms with Crippen LogP contribution in [-0.2, 0) is 0 Å². The van der Waals surface area contributed by atoms with Crippen molar-refractivity contribution in [3.63, 3.8) is 0 Å². The van der Waals surface area contributed by atoms with Crippen molar-refractivity contribution < 1.29 is 23.8 Å². The number of nitrogens with one attached hydrogen (secondary N) is 2. The van der Waals surface area contributed by atoms with Crippen LogP contribution in [0.3, 0.4) is 0 Å². The Morgan fingerprint density at radius 1 is 0.424 bits per heavy atom. The molecule has 6 N–H and O–H groups in total. The molecule has 0 radical (unpaired) electrons. The molecular formula is C47H75N7O5. The molecule has 0 atom stereocenters. The Hall–Kier alpha value is -4.61. The molecule has 3 rings (SSSR count). The SMILES string of the molecule is CCCCCCCCCCOc1cc(N)nc(NC(=O)c2cc(OCCCCCCCCCC)cc(C(=O)Nc3cc(OCCCCCCCCCC)cc(N)n3)n2)c1. The third-order valence-corrected chi connectivity index (χ3v) is 10.2. The van der Waals surface area contributed by atoms with E-state index in [1.807, 2.05) is 0 Å². The van der Waals surface area contributed by atoms with Crippen molar-refractivity contribution in [2.75, 3.05) is 41.9 Å². The van der Waals surface area contributed by atoms with E-state index in [-0.39, 0.29) is 34.7 Å². The topological polar surface area (TPSA) is 177 Å². The lowest BCUT2D eigenvalue weighted by Gasteiger charge is -2.13. The summed E-state index contributed by atoms with van der Waals surface area (Å²) in [4.78, 5) is 40.3. The molecule has 3 aromatic rings. The van der Waals surface area contributed by atoms with Gasteiger partial charge in [0.15, 0.2) is 0 Å². The smallest absolute Gasteiger partial charge is 0.275 e. The van der Waals surface area contributed by atoms with Gasteiger partial charge in [0.05, 0.1) is 19.8 Å². The number of ether oxygens (including phenoxy) is 3. The van der Waals surface area contributed by atoms with Crippen LogP contribution in [0, 0.1) is 0 Å². The maximum atomic E-state index is 13.7. The highest BCUT2D eigenvalue weighted by Gasteiger charge is 2.18. The van der Waals surface area contributed by atoms with Crippen LogP contribution in [0.1, 0.15) is 196 Å². The molecule has 0 unspecified atom stereocenters. The van der Waals surface area contributed by atoms with Gasteiger partial charge in [-0.15, -0.1) is 0 Å². The molecule has 0 aliphatic heterocycles. The molecule has 0 aromatic carbocycles. The molecule has 0 spiro atoms. The van der Waals surface area contributed by atoms with E-state index < -0.39 is 11.8 Å². The van der Waals surface area contributed by atoms with E-state index in [2.05, 4.69) is 46.4 Å². The third kappa shape index (κ3) is 21.8. The van der Waals surface area contributed by atoms with Crippen molar-refractivity contribution in [2.45, 2.75) is 175 Å². The molecule has 0 saturated heterocycles. The number of carbonyl (C=O) groups excluding carboxylic acids is 2. The van der Waals surface area contributed by atoms with Gasteiger partial charge in [0.25, 0.3) is 11.8 Å². The maximum Gasteiger partial charge on any atom is 0.275 e. The van der Waals surface area contributed by atoms with E-state index >= 15 is 0 Å². The second kappa shape index (κ2) is 30.4. The van der Waals surface area contributed by atoms with Gasteiger partial charge in [0, 0.05) is 36.4 Å². The van der Waals surface area contributed by atoms with Gasteiger partial charge < -0.3 is 36.3 Å². The first kappa shape index (κ1) is 48.8. The first-order valence-electron chi connectivity index (χ1n) is 22.9. The summed E-state index contributed by atoms with van der Waals surface area (Å²) in [6.07, 6.45) is 28.4. The molecule has 59 heavy (non-hydrogen) atoms. The summed E-state index contributed by atoms with van der Waals surface area (Å²) in [5.41, 5.74) is 12.1. The zero-order chi connectivity index (χ0) is 42.3. The van der Waals surface area contributed by atoms with Crippen molar-refractivity contribution >= 4 is 35.1 Å². The average molecular weight is 818 g/mol. The second-order valence-corrected chi connectivity index (χ2v) is 15.7. The monoisotopic (exact) mass is 818 g/mol. The number of carbonyl (C=O) groups is 2. The van der Waals surface area contributed by atoms with Crippen LogP contribution in [0.15, 0.2) is 36.4 Å². The van der Waals surface area contributed by atoms with E-state index in [0.29, 0.717) is 37.1 Å². The van der Waals surface area contributed by atoms with Crippen molar-refractivity contribution in [3.8, 4) is 17.2 Å². The van der Waals surface area contributed by atoms with Gasteiger partial charge >= 0.3 is 0 Å². The lowest BCUT2D eigenvalue weighted by molar-refractivity contribution is 0.101. The molecule has 328 valence electrons. The first-order valence-corrected chi connectivity index (χ1v) is 22.9. The number of hydrogen-bond acceptors (Lipinski definition) is 10. The molecular weight excluding hydrogens is 743 g/mol. The Bertz CT molecular complexity index is 1520. The molecule has 0 fully saturated rings. The molecule has 3 aromatic heterocycles. The highest BCUT2D eigenvalue weighted by Crippen LogP contribution is 2.24. The summed E-state index contributed by atoms with van der Waals surface area (Å²) in [6, 6.07) is 9.59. The number of anilines is 4. The van der Waals surface area contributed by atoms with Crippen LogP contribution in [0.25, 0.3) is 0 Å². The van der Waals surface area contributed by atoms with Crippen molar-refractivity contribution in [1.82, 2.24) is 15.0 Å². The number of amides is 2. The average Bonchev–Trinajstić information content (AvgIpc) is 3.21. The molecule has 2 amide bonds. The van der Waals surface area contributed by atoms with E-state index in [1.54, 1.807) is 24.3 Å². The number of aromatic nitrogens is 3. The maximum absolute atomic E-state index is 13.7. The summed E-state index contributed by atoms with van der Waals surface area (Å²) in [6.45, 7) is 8.20. The standard InChI is InChI=1S/C47H75N7O5/c1-4-7-10-13-16-19-22-25-28-57-37-31-40(46(55)53-44-35-38(33-42(48)51-44)58-29-26-23-20-17-14-11-8-5-2)50-41(32-37)47(56)54-45-36-39(34-43(49)52-45)59-30-27-24-21-18-15-12-9-6-3/h31-36H,4-30H2,1-3H3,(H3,48,51,53,55)(H3,49,52,54,56). The molecule has 0 aliphatic carbocycles. The summed E-state index contributed by atoms with van der Waals surface area (Å²) < 4.78 is 18.0. The van der Waals surface area contributed by atoms with Crippen LogP contribution in [0.2, 0.25) is 0 Å². The van der Waals surface area contributed by atoms with E-state index in [9.17, 15) is 9.59 Å². The Kier molecular flexibility index (Phi) is 25.2. The van der Waals surface area contributed by atoms with Gasteiger partial charge in [-0.25, -0.2) is 15.0 Å². The Morgan fingerprint density at radius 3 is 1.03 bits per heavy atom. The van der Waals surface area contributed by atoms with Crippen molar-refractivity contribution in [3.05, 3.63) is 47.8 Å². The Balaban J connectivity index is 1.65. The van der Waals surface area contributed by atoms with E-state index in [4.69, 9.17) is 25.7 Å². The van der Waals surface area contributed by atoms with Crippen LogP contribution in [-0.4, -0.2) is 46.6 Å². The van der Waals surface area contributed by atoms with Crippen LogP contribution >= 0.6 is 0 Å². The molecule has 0 saturated carbocycles. The fraction of sp³-hybridized carbons (Fsp3) is 0.638. The Labute approximate surface area is 354 Å². The highest BCUT2D eigenvalue weighted by molar-refractivity contribution is 6.06. The summed E-state index contributed by atoms with van der Waals surface area (Å²) in [5, 5.41) is 5.55. The van der Waals surface area contributed by atoms with Crippen LogP contribution in [0.5, 0.6) is 17.2 Å². The molecule has 0 aliphatic rings. The minimum Gasteiger partial charge on any atom is -0.493 e. The zero-order valence-corrected chi connectivity index (χ0v) is 36.6. The second-order valence-electron chi connectivity index (χ2n) is 15.7. The lowest BCUT2D eigenvalue weighted by Crippen LogP contribution is -2.20. The largest absolute Gasteiger partial charge is 0.493 e. The fourth-order valence-corrected chi connectivity index (χ4v) is 6.81. The molecule has 12 heteroatoms. The molecule has 3 heterocycles.